The molecule has 0 spiro atoms. The summed E-state index contributed by atoms with van der Waals surface area (Å²) >= 11 is 0. The minimum atomic E-state index is -4.32. The van der Waals surface area contributed by atoms with Gasteiger partial charge in [-0.2, -0.15) is 13.0 Å². The topological polar surface area (TPSA) is 99.6 Å². The van der Waals surface area contributed by atoms with Crippen molar-refractivity contribution in [2.75, 3.05) is 6.54 Å². The number of rotatable bonds is 8. The molecular weight excluding hydrogens is 440 g/mol. The molecule has 0 atom stereocenters. The molecule has 0 radical (unpaired) electrons. The molecule has 0 saturated heterocycles. The summed E-state index contributed by atoms with van der Waals surface area (Å²) < 4.78 is 37.9. The lowest BCUT2D eigenvalue weighted by Crippen LogP contribution is -2.26. The van der Waals surface area contributed by atoms with E-state index in [4.69, 9.17) is 5.11 Å². The molecule has 33 heavy (non-hydrogen) atoms. The van der Waals surface area contributed by atoms with Gasteiger partial charge in [0.15, 0.2) is 5.71 Å². The largest absolute Gasteiger partial charge is 0.481 e. The summed E-state index contributed by atoms with van der Waals surface area (Å²) in [6.07, 6.45) is 2.60. The maximum absolute atomic E-state index is 11.9. The highest BCUT2D eigenvalue weighted by atomic mass is 32.2. The van der Waals surface area contributed by atoms with Crippen molar-refractivity contribution in [1.29, 1.82) is 0 Å². The SMILES string of the molecule is CCn1c2ccc(S(=O)(=O)O)cc2c2c3c(ccc21)[N+](CCCCCC(=O)O)=C(C)C3(C)C. The third-order valence-corrected chi connectivity index (χ3v) is 7.94. The molecule has 2 N–H and O–H groups in total. The predicted molar refractivity (Wildman–Crippen MR) is 130 cm³/mol. The van der Waals surface area contributed by atoms with Crippen molar-refractivity contribution in [3.63, 3.8) is 0 Å². The summed E-state index contributed by atoms with van der Waals surface area (Å²) in [6, 6.07) is 9.04. The zero-order valence-electron chi connectivity index (χ0n) is 19.6. The number of hydrogen-bond acceptors (Lipinski definition) is 3. The summed E-state index contributed by atoms with van der Waals surface area (Å²) in [6.45, 7) is 10.1. The number of carboxylic acid groups (broad SMARTS) is 1. The van der Waals surface area contributed by atoms with Crippen LogP contribution in [0.4, 0.5) is 5.69 Å². The highest BCUT2D eigenvalue weighted by molar-refractivity contribution is 7.85. The molecule has 7 nitrogen and oxygen atoms in total. The minimum absolute atomic E-state index is 0.102. The number of hydrogen-bond donors (Lipinski definition) is 2. The second kappa shape index (κ2) is 8.25. The van der Waals surface area contributed by atoms with E-state index in [2.05, 4.69) is 49.0 Å². The average molecular weight is 472 g/mol. The van der Waals surface area contributed by atoms with Crippen LogP contribution in [0.3, 0.4) is 0 Å². The molecule has 176 valence electrons. The Morgan fingerprint density at radius 3 is 2.42 bits per heavy atom. The van der Waals surface area contributed by atoms with Crippen LogP contribution in [-0.2, 0) is 26.9 Å². The molecule has 0 aliphatic carbocycles. The molecule has 0 fully saturated rings. The van der Waals surface area contributed by atoms with Crippen LogP contribution in [0.15, 0.2) is 35.2 Å². The molecule has 3 aromatic rings. The van der Waals surface area contributed by atoms with E-state index in [9.17, 15) is 17.8 Å². The molecule has 2 heterocycles. The van der Waals surface area contributed by atoms with Gasteiger partial charge in [-0.25, -0.2) is 0 Å². The van der Waals surface area contributed by atoms with Crippen LogP contribution in [0.25, 0.3) is 21.8 Å². The molecule has 1 aromatic heterocycles. The zero-order valence-corrected chi connectivity index (χ0v) is 20.4. The third kappa shape index (κ3) is 3.85. The lowest BCUT2D eigenvalue weighted by Gasteiger charge is -2.16. The van der Waals surface area contributed by atoms with Gasteiger partial charge in [-0.05, 0) is 57.9 Å². The fraction of sp³-hybridized carbons (Fsp3) is 0.440. The molecular formula is C25H31N2O5S+. The van der Waals surface area contributed by atoms with Gasteiger partial charge in [0, 0.05) is 59.7 Å². The standard InChI is InChI=1S/C25H30N2O5S/c1-5-26-19-11-10-17(33(30,31)32)15-18(19)23-20(26)12-13-21-24(23)25(3,4)16(2)27(21)14-8-6-7-9-22(28)29/h10-13,15H,5-9,14H2,1-4H3,(H-,28,29,30,31,32)/p+1. The first-order valence-electron chi connectivity index (χ1n) is 11.4. The van der Waals surface area contributed by atoms with Crippen molar-refractivity contribution in [3.8, 4) is 0 Å². The van der Waals surface area contributed by atoms with E-state index in [-0.39, 0.29) is 16.7 Å². The summed E-state index contributed by atoms with van der Waals surface area (Å²) in [5.74, 6) is -0.760. The average Bonchev–Trinajstić information content (AvgIpc) is 3.16. The summed E-state index contributed by atoms with van der Waals surface area (Å²) in [7, 11) is -4.32. The van der Waals surface area contributed by atoms with Crippen molar-refractivity contribution < 1.29 is 27.4 Å². The number of aliphatic carboxylic acids is 1. The van der Waals surface area contributed by atoms with Gasteiger partial charge in [-0.1, -0.05) is 0 Å². The summed E-state index contributed by atoms with van der Waals surface area (Å²) in [4.78, 5) is 10.7. The Balaban J connectivity index is 1.88. The monoisotopic (exact) mass is 471 g/mol. The van der Waals surface area contributed by atoms with Crippen molar-refractivity contribution in [3.05, 3.63) is 35.9 Å². The van der Waals surface area contributed by atoms with Gasteiger partial charge < -0.3 is 9.67 Å². The van der Waals surface area contributed by atoms with E-state index in [1.165, 1.54) is 11.8 Å². The molecule has 1 aliphatic rings. The minimum Gasteiger partial charge on any atom is -0.481 e. The van der Waals surface area contributed by atoms with Crippen LogP contribution in [0.1, 0.15) is 58.9 Å². The summed E-state index contributed by atoms with van der Waals surface area (Å²) in [5, 5.41) is 10.7. The lowest BCUT2D eigenvalue weighted by atomic mass is 9.80. The van der Waals surface area contributed by atoms with Gasteiger partial charge in [-0.15, -0.1) is 0 Å². The van der Waals surface area contributed by atoms with Gasteiger partial charge in [0.25, 0.3) is 10.1 Å². The van der Waals surface area contributed by atoms with Crippen LogP contribution in [0, 0.1) is 0 Å². The first-order chi connectivity index (χ1) is 15.5. The maximum atomic E-state index is 11.9. The van der Waals surface area contributed by atoms with E-state index < -0.39 is 16.1 Å². The molecule has 0 bridgehead atoms. The predicted octanol–water partition coefficient (Wildman–Crippen LogP) is 5.10. The molecule has 2 aromatic carbocycles. The third-order valence-electron chi connectivity index (χ3n) is 7.09. The summed E-state index contributed by atoms with van der Waals surface area (Å²) in [5.41, 5.74) is 5.20. The van der Waals surface area contributed by atoms with Crippen LogP contribution in [0.2, 0.25) is 0 Å². The van der Waals surface area contributed by atoms with E-state index in [0.717, 1.165) is 59.0 Å². The van der Waals surface area contributed by atoms with Crippen LogP contribution in [0.5, 0.6) is 0 Å². The van der Waals surface area contributed by atoms with Gasteiger partial charge in [-0.3, -0.25) is 9.35 Å². The van der Waals surface area contributed by atoms with Crippen LogP contribution in [-0.4, -0.2) is 45.4 Å². The normalized spacial score (nSPS) is 15.5. The van der Waals surface area contributed by atoms with Gasteiger partial charge in [0.05, 0.1) is 10.3 Å². The first-order valence-corrected chi connectivity index (χ1v) is 12.8. The van der Waals surface area contributed by atoms with E-state index in [1.807, 2.05) is 0 Å². The van der Waals surface area contributed by atoms with Gasteiger partial charge in [0.1, 0.15) is 6.54 Å². The van der Waals surface area contributed by atoms with Crippen molar-refractivity contribution in [2.45, 2.75) is 70.2 Å². The zero-order chi connectivity index (χ0) is 24.1. The molecule has 0 amide bonds. The van der Waals surface area contributed by atoms with Gasteiger partial charge >= 0.3 is 5.97 Å². The Morgan fingerprint density at radius 1 is 1.09 bits per heavy atom. The Hall–Kier alpha value is -2.71. The van der Waals surface area contributed by atoms with Crippen molar-refractivity contribution >= 4 is 49.3 Å². The second-order valence-corrected chi connectivity index (χ2v) is 10.7. The lowest BCUT2D eigenvalue weighted by molar-refractivity contribution is -0.439. The fourth-order valence-electron chi connectivity index (χ4n) is 5.23. The molecule has 0 unspecified atom stereocenters. The maximum Gasteiger partial charge on any atom is 0.303 e. The smallest absolute Gasteiger partial charge is 0.303 e. The number of aryl methyl sites for hydroxylation is 1. The Morgan fingerprint density at radius 2 is 1.79 bits per heavy atom. The van der Waals surface area contributed by atoms with E-state index in [1.54, 1.807) is 12.1 Å². The Kier molecular flexibility index (Phi) is 5.87. The van der Waals surface area contributed by atoms with Crippen LogP contribution < -0.4 is 0 Å². The quantitative estimate of drug-likeness (QED) is 0.270. The number of carbonyl (C=O) groups is 1. The molecule has 4 rings (SSSR count). The highest BCUT2D eigenvalue weighted by Gasteiger charge is 2.45. The van der Waals surface area contributed by atoms with Crippen molar-refractivity contribution in [1.82, 2.24) is 4.57 Å². The molecule has 8 heteroatoms. The molecule has 1 aliphatic heterocycles. The van der Waals surface area contributed by atoms with E-state index in [0.29, 0.717) is 6.42 Å². The van der Waals surface area contributed by atoms with E-state index >= 15 is 0 Å². The van der Waals surface area contributed by atoms with Gasteiger partial charge in [0.2, 0.25) is 5.69 Å². The van der Waals surface area contributed by atoms with Crippen LogP contribution >= 0.6 is 0 Å². The fourth-order valence-corrected chi connectivity index (χ4v) is 5.73. The Bertz CT molecular complexity index is 1410. The number of benzene rings is 2. The number of unbranched alkanes of at least 4 members (excludes halogenated alkanes) is 2. The Labute approximate surface area is 194 Å². The number of fused-ring (bicyclic) bond motifs is 5. The number of nitrogens with zero attached hydrogens (tertiary/aromatic N) is 2. The number of aromatic nitrogens is 1. The second-order valence-electron chi connectivity index (χ2n) is 9.32. The number of carboxylic acids is 1. The highest BCUT2D eigenvalue weighted by Crippen LogP contribution is 2.47. The first kappa shape index (κ1) is 23.4. The molecule has 0 saturated carbocycles. The van der Waals surface area contributed by atoms with Crippen molar-refractivity contribution in [2.24, 2.45) is 0 Å².